The minimum Gasteiger partial charge on any atom is -0.345 e. The van der Waals surface area contributed by atoms with Crippen LogP contribution in [0, 0.1) is 11.3 Å². The van der Waals surface area contributed by atoms with Gasteiger partial charge in [-0.25, -0.2) is 4.39 Å². The Morgan fingerprint density at radius 2 is 2.19 bits per heavy atom. The van der Waals surface area contributed by atoms with Crippen LogP contribution in [0.2, 0.25) is 0 Å². The number of carbonyl (C=O) groups is 2. The Morgan fingerprint density at radius 1 is 1.52 bits per heavy atom. The van der Waals surface area contributed by atoms with Gasteiger partial charge in [0.2, 0.25) is 12.3 Å². The van der Waals surface area contributed by atoms with Gasteiger partial charge in [0.05, 0.1) is 19.2 Å². The van der Waals surface area contributed by atoms with E-state index < -0.39 is 12.2 Å². The summed E-state index contributed by atoms with van der Waals surface area (Å²) >= 11 is 0. The number of halogens is 1. The maximum atomic E-state index is 13.3. The summed E-state index contributed by atoms with van der Waals surface area (Å²) in [6.07, 6.45) is 1.38. The molecule has 0 aliphatic carbocycles. The monoisotopic (exact) mass is 296 g/mol. The zero-order valence-corrected chi connectivity index (χ0v) is 12.2. The van der Waals surface area contributed by atoms with E-state index in [0.29, 0.717) is 13.1 Å². The fourth-order valence-corrected chi connectivity index (χ4v) is 2.87. The number of rotatable bonds is 4. The lowest BCUT2D eigenvalue weighted by atomic mass is 9.90. The number of alkyl halides is 1. The van der Waals surface area contributed by atoms with E-state index in [0.717, 1.165) is 19.3 Å². The normalized spacial score (nSPS) is 28.2. The molecule has 2 saturated heterocycles. The van der Waals surface area contributed by atoms with Crippen molar-refractivity contribution < 1.29 is 14.0 Å². The molecule has 7 heteroatoms. The van der Waals surface area contributed by atoms with Gasteiger partial charge in [0.25, 0.3) is 0 Å². The molecule has 0 unspecified atom stereocenters. The van der Waals surface area contributed by atoms with Crippen molar-refractivity contribution in [3.05, 3.63) is 0 Å². The van der Waals surface area contributed by atoms with Crippen LogP contribution in [0.4, 0.5) is 4.39 Å². The predicted octanol–water partition coefficient (Wildman–Crippen LogP) is 0.0495. The van der Waals surface area contributed by atoms with Gasteiger partial charge in [-0.15, -0.1) is 0 Å². The molecular formula is C14H21FN4O2. The highest BCUT2D eigenvalue weighted by atomic mass is 19.1. The molecule has 0 spiro atoms. The maximum Gasteiger partial charge on any atom is 0.237 e. The molecule has 21 heavy (non-hydrogen) atoms. The molecule has 0 aromatic rings. The van der Waals surface area contributed by atoms with Crippen molar-refractivity contribution in [2.24, 2.45) is 0 Å². The lowest BCUT2D eigenvalue weighted by Gasteiger charge is -2.39. The van der Waals surface area contributed by atoms with Crippen LogP contribution in [0.15, 0.2) is 0 Å². The lowest BCUT2D eigenvalue weighted by molar-refractivity contribution is -0.131. The van der Waals surface area contributed by atoms with Gasteiger partial charge in [-0.2, -0.15) is 5.26 Å². The Morgan fingerprint density at radius 3 is 2.76 bits per heavy atom. The largest absolute Gasteiger partial charge is 0.345 e. The van der Waals surface area contributed by atoms with Crippen molar-refractivity contribution >= 4 is 12.3 Å². The van der Waals surface area contributed by atoms with Crippen LogP contribution >= 0.6 is 0 Å². The number of hydrogen-bond acceptors (Lipinski definition) is 4. The third-order valence-electron chi connectivity index (χ3n) is 4.44. The molecular weight excluding hydrogens is 275 g/mol. The standard InChI is InChI=1S/C14H21FN4O2/c1-14(2-4-18(10-20)5-3-14)17-8-13(21)19-9-11(15)6-12(19)7-16/h10-12,17H,2-6,8-9H2,1H3/t11-,12-/m0/s1. The summed E-state index contributed by atoms with van der Waals surface area (Å²) in [5.41, 5.74) is -0.202. The van der Waals surface area contributed by atoms with Crippen LogP contribution in [0.3, 0.4) is 0 Å². The molecule has 2 heterocycles. The number of nitrogens with zero attached hydrogens (tertiary/aromatic N) is 3. The topological polar surface area (TPSA) is 76.4 Å². The fourth-order valence-electron chi connectivity index (χ4n) is 2.87. The second kappa shape index (κ2) is 6.39. The van der Waals surface area contributed by atoms with E-state index >= 15 is 0 Å². The molecule has 1 N–H and O–H groups in total. The van der Waals surface area contributed by atoms with Gasteiger partial charge in [-0.05, 0) is 19.8 Å². The Balaban J connectivity index is 1.84. The highest BCUT2D eigenvalue weighted by molar-refractivity contribution is 5.79. The summed E-state index contributed by atoms with van der Waals surface area (Å²) in [6.45, 7) is 3.46. The zero-order valence-electron chi connectivity index (χ0n) is 12.2. The van der Waals surface area contributed by atoms with Gasteiger partial charge in [-0.3, -0.25) is 9.59 Å². The average Bonchev–Trinajstić information content (AvgIpc) is 2.87. The quantitative estimate of drug-likeness (QED) is 0.744. The summed E-state index contributed by atoms with van der Waals surface area (Å²) in [5.74, 6) is -0.235. The van der Waals surface area contributed by atoms with Crippen LogP contribution in [-0.2, 0) is 9.59 Å². The first-order valence-corrected chi connectivity index (χ1v) is 7.25. The first kappa shape index (κ1) is 15.7. The van der Waals surface area contributed by atoms with Gasteiger partial charge in [0.15, 0.2) is 0 Å². The second-order valence-corrected chi connectivity index (χ2v) is 6.08. The van der Waals surface area contributed by atoms with E-state index in [9.17, 15) is 14.0 Å². The summed E-state index contributed by atoms with van der Waals surface area (Å²) in [4.78, 5) is 25.9. The molecule has 2 aliphatic heterocycles. The second-order valence-electron chi connectivity index (χ2n) is 6.08. The summed E-state index contributed by atoms with van der Waals surface area (Å²) in [6, 6.07) is 1.32. The molecule has 116 valence electrons. The van der Waals surface area contributed by atoms with Crippen molar-refractivity contribution in [3.63, 3.8) is 0 Å². The maximum absolute atomic E-state index is 13.3. The predicted molar refractivity (Wildman–Crippen MR) is 73.9 cm³/mol. The van der Waals surface area contributed by atoms with E-state index in [1.807, 2.05) is 13.0 Å². The minimum absolute atomic E-state index is 0.00831. The molecule has 0 radical (unpaired) electrons. The fraction of sp³-hybridized carbons (Fsp3) is 0.786. The number of carbonyl (C=O) groups excluding carboxylic acids is 2. The highest BCUT2D eigenvalue weighted by Crippen LogP contribution is 2.22. The Hall–Kier alpha value is -1.68. The third kappa shape index (κ3) is 3.70. The lowest BCUT2D eigenvalue weighted by Crippen LogP contribution is -2.54. The molecule has 2 rings (SSSR count). The van der Waals surface area contributed by atoms with E-state index in [4.69, 9.17) is 5.26 Å². The number of nitriles is 1. The Labute approximate surface area is 123 Å². The van der Waals surface area contributed by atoms with Crippen LogP contribution in [-0.4, -0.2) is 66.0 Å². The van der Waals surface area contributed by atoms with E-state index in [1.165, 1.54) is 4.90 Å². The Kier molecular flexibility index (Phi) is 4.78. The number of nitrogens with one attached hydrogen (secondary N) is 1. The minimum atomic E-state index is -1.11. The van der Waals surface area contributed by atoms with Crippen molar-refractivity contribution in [1.82, 2.24) is 15.1 Å². The van der Waals surface area contributed by atoms with Crippen molar-refractivity contribution in [2.45, 2.75) is 43.9 Å². The van der Waals surface area contributed by atoms with Gasteiger partial charge >= 0.3 is 0 Å². The van der Waals surface area contributed by atoms with Crippen LogP contribution < -0.4 is 5.32 Å². The van der Waals surface area contributed by atoms with Crippen LogP contribution in [0.1, 0.15) is 26.2 Å². The van der Waals surface area contributed by atoms with E-state index in [1.54, 1.807) is 4.90 Å². The Bertz CT molecular complexity index is 443. The van der Waals surface area contributed by atoms with Crippen molar-refractivity contribution in [2.75, 3.05) is 26.2 Å². The van der Waals surface area contributed by atoms with E-state index in [-0.39, 0.29) is 31.0 Å². The summed E-state index contributed by atoms with van der Waals surface area (Å²) in [5, 5.41) is 12.2. The van der Waals surface area contributed by atoms with Gasteiger partial charge in [0, 0.05) is 25.0 Å². The first-order chi connectivity index (χ1) is 9.97. The van der Waals surface area contributed by atoms with Crippen LogP contribution in [0.25, 0.3) is 0 Å². The molecule has 0 saturated carbocycles. The van der Waals surface area contributed by atoms with E-state index in [2.05, 4.69) is 5.32 Å². The number of likely N-dealkylation sites (tertiary alicyclic amines) is 2. The molecule has 2 aliphatic rings. The molecule has 0 aromatic heterocycles. The highest BCUT2D eigenvalue weighted by Gasteiger charge is 2.36. The summed E-state index contributed by atoms with van der Waals surface area (Å²) in [7, 11) is 0. The van der Waals surface area contributed by atoms with Gasteiger partial charge in [0.1, 0.15) is 12.2 Å². The SMILES string of the molecule is CC1(NCC(=O)N2C[C@@H](F)C[C@H]2C#N)CCN(C=O)CC1. The van der Waals surface area contributed by atoms with Gasteiger partial charge < -0.3 is 15.1 Å². The smallest absolute Gasteiger partial charge is 0.237 e. The van der Waals surface area contributed by atoms with Crippen molar-refractivity contribution in [1.29, 1.82) is 5.26 Å². The van der Waals surface area contributed by atoms with Crippen molar-refractivity contribution in [3.8, 4) is 6.07 Å². The molecule has 2 fully saturated rings. The first-order valence-electron chi connectivity index (χ1n) is 7.25. The summed E-state index contributed by atoms with van der Waals surface area (Å²) < 4.78 is 13.3. The molecule has 2 amide bonds. The molecule has 2 atom stereocenters. The third-order valence-corrected chi connectivity index (χ3v) is 4.44. The number of amides is 2. The molecule has 0 bridgehead atoms. The van der Waals surface area contributed by atoms with Crippen LogP contribution in [0.5, 0.6) is 0 Å². The molecule has 0 aromatic carbocycles. The zero-order chi connectivity index (χ0) is 15.5. The van der Waals surface area contributed by atoms with Gasteiger partial charge in [-0.1, -0.05) is 0 Å². The number of piperidine rings is 1. The average molecular weight is 296 g/mol. The molecule has 6 nitrogen and oxygen atoms in total. The number of hydrogen-bond donors (Lipinski definition) is 1.